The molecular formula is C31H30ClN3O3S. The van der Waals surface area contributed by atoms with E-state index in [0.717, 1.165) is 34.1 Å². The number of rotatable bonds is 9. The number of methoxy groups -OCH3 is 1. The van der Waals surface area contributed by atoms with Gasteiger partial charge >= 0.3 is 0 Å². The number of hydrogen-bond acceptors (Lipinski definition) is 5. The van der Waals surface area contributed by atoms with Crippen molar-refractivity contribution in [3.05, 3.63) is 94.0 Å². The summed E-state index contributed by atoms with van der Waals surface area (Å²) in [6, 6.07) is 21.5. The number of hydrogen-bond donors (Lipinski definition) is 1. The minimum Gasteiger partial charge on any atom is -0.493 e. The maximum atomic E-state index is 13.7. The zero-order valence-corrected chi connectivity index (χ0v) is 23.7. The van der Waals surface area contributed by atoms with Crippen LogP contribution < -0.4 is 9.47 Å². The third-order valence-corrected chi connectivity index (χ3v) is 7.88. The monoisotopic (exact) mass is 559 g/mol. The Morgan fingerprint density at radius 1 is 1.13 bits per heavy atom. The Kier molecular flexibility index (Phi) is 8.29. The molecule has 0 unspecified atom stereocenters. The van der Waals surface area contributed by atoms with Gasteiger partial charge in [0.15, 0.2) is 16.7 Å². The number of carbonyl (C=O) groups is 1. The van der Waals surface area contributed by atoms with Crippen LogP contribution in [0.2, 0.25) is 5.02 Å². The maximum absolute atomic E-state index is 13.7. The van der Waals surface area contributed by atoms with Crippen molar-refractivity contribution in [1.82, 2.24) is 9.88 Å². The van der Waals surface area contributed by atoms with Crippen molar-refractivity contribution in [3.8, 4) is 11.5 Å². The van der Waals surface area contributed by atoms with Crippen molar-refractivity contribution in [1.29, 1.82) is 0 Å². The van der Waals surface area contributed by atoms with E-state index in [9.17, 15) is 4.79 Å². The molecule has 1 aromatic heterocycles. The van der Waals surface area contributed by atoms with E-state index in [0.29, 0.717) is 39.6 Å². The van der Waals surface area contributed by atoms with Gasteiger partial charge in [0, 0.05) is 23.6 Å². The Bertz CT molecular complexity index is 1550. The molecule has 1 amide bonds. The molecule has 5 rings (SSSR count). The number of aromatic nitrogens is 1. The van der Waals surface area contributed by atoms with Crippen molar-refractivity contribution in [2.75, 3.05) is 13.7 Å². The van der Waals surface area contributed by atoms with Gasteiger partial charge in [0.1, 0.15) is 0 Å². The lowest BCUT2D eigenvalue weighted by Gasteiger charge is -2.17. The molecule has 0 saturated carbocycles. The van der Waals surface area contributed by atoms with Gasteiger partial charge in [0.2, 0.25) is 0 Å². The lowest BCUT2D eigenvalue weighted by Crippen LogP contribution is -2.31. The Labute approximate surface area is 237 Å². The molecular weight excluding hydrogens is 530 g/mol. The van der Waals surface area contributed by atoms with Crippen LogP contribution in [0.3, 0.4) is 0 Å². The first kappa shape index (κ1) is 26.9. The highest BCUT2D eigenvalue weighted by Crippen LogP contribution is 2.40. The number of aliphatic imine (C=N–C) groups is 1. The molecule has 1 aliphatic rings. The predicted molar refractivity (Wildman–Crippen MR) is 161 cm³/mol. The number of H-pyrrole nitrogens is 1. The number of aromatic amines is 1. The van der Waals surface area contributed by atoms with Crippen LogP contribution in [-0.4, -0.2) is 40.7 Å². The van der Waals surface area contributed by atoms with Crippen molar-refractivity contribution in [2.45, 2.75) is 32.8 Å². The number of para-hydroxylation sites is 2. The van der Waals surface area contributed by atoms with Gasteiger partial charge in [-0.25, -0.2) is 4.99 Å². The highest BCUT2D eigenvalue weighted by Gasteiger charge is 2.33. The summed E-state index contributed by atoms with van der Waals surface area (Å²) in [6.07, 6.45) is 5.38. The number of thioether (sulfide) groups is 1. The standard InChI is InChI=1S/C31H30ClN3O3S/c1-4-20(2)38-29-25(32)16-21(17-27(29)37-3)18-28-30(36)35(31(39-28)34-23-10-6-5-7-11-23)15-14-22-19-33-26-13-9-8-12-24(22)26/h5-13,16-20,33H,4,14-15H2,1-3H3/b28-18-,34-31?/t20-/m0/s1. The quantitative estimate of drug-likeness (QED) is 0.212. The summed E-state index contributed by atoms with van der Waals surface area (Å²) in [7, 11) is 1.58. The summed E-state index contributed by atoms with van der Waals surface area (Å²) < 4.78 is 11.6. The van der Waals surface area contributed by atoms with Crippen LogP contribution in [0.25, 0.3) is 17.0 Å². The number of amidine groups is 1. The number of benzene rings is 3. The number of nitrogens with zero attached hydrogens (tertiary/aromatic N) is 2. The molecule has 4 aromatic rings. The van der Waals surface area contributed by atoms with Crippen LogP contribution in [0, 0.1) is 0 Å². The number of carbonyl (C=O) groups excluding carboxylic acids is 1. The zero-order valence-electron chi connectivity index (χ0n) is 22.1. The van der Waals surface area contributed by atoms with Gasteiger partial charge in [-0.2, -0.15) is 0 Å². The summed E-state index contributed by atoms with van der Waals surface area (Å²) in [5.74, 6) is 0.941. The van der Waals surface area contributed by atoms with E-state index in [2.05, 4.69) is 17.1 Å². The van der Waals surface area contributed by atoms with Crippen LogP contribution in [0.15, 0.2) is 82.8 Å². The fourth-order valence-electron chi connectivity index (χ4n) is 4.35. The van der Waals surface area contributed by atoms with Gasteiger partial charge in [-0.05, 0) is 79.1 Å². The number of nitrogens with one attached hydrogen (secondary N) is 1. The number of amides is 1. The van der Waals surface area contributed by atoms with E-state index in [4.69, 9.17) is 26.1 Å². The second kappa shape index (κ2) is 12.0. The fourth-order valence-corrected chi connectivity index (χ4v) is 5.63. The van der Waals surface area contributed by atoms with Crippen LogP contribution >= 0.6 is 23.4 Å². The van der Waals surface area contributed by atoms with Crippen LogP contribution in [-0.2, 0) is 11.2 Å². The minimum absolute atomic E-state index is 0.00460. The largest absolute Gasteiger partial charge is 0.493 e. The number of ether oxygens (including phenoxy) is 2. The van der Waals surface area contributed by atoms with E-state index in [1.54, 1.807) is 18.1 Å². The van der Waals surface area contributed by atoms with E-state index in [-0.39, 0.29) is 12.0 Å². The molecule has 1 N–H and O–H groups in total. The fraction of sp³-hybridized carbons (Fsp3) is 0.226. The topological polar surface area (TPSA) is 66.9 Å². The average molecular weight is 560 g/mol. The molecule has 1 fully saturated rings. The molecule has 1 saturated heterocycles. The molecule has 0 aliphatic carbocycles. The van der Waals surface area contributed by atoms with E-state index < -0.39 is 0 Å². The number of halogens is 1. The highest BCUT2D eigenvalue weighted by molar-refractivity contribution is 8.18. The molecule has 8 heteroatoms. The lowest BCUT2D eigenvalue weighted by atomic mass is 10.1. The second-order valence-electron chi connectivity index (χ2n) is 9.28. The summed E-state index contributed by atoms with van der Waals surface area (Å²) in [4.78, 5) is 24.1. The van der Waals surface area contributed by atoms with Gasteiger partial charge < -0.3 is 14.5 Å². The molecule has 3 aromatic carbocycles. The molecule has 2 heterocycles. The van der Waals surface area contributed by atoms with Crippen molar-refractivity contribution in [2.24, 2.45) is 4.99 Å². The van der Waals surface area contributed by atoms with E-state index in [1.807, 2.05) is 74.7 Å². The van der Waals surface area contributed by atoms with Crippen LogP contribution in [0.5, 0.6) is 11.5 Å². The predicted octanol–water partition coefficient (Wildman–Crippen LogP) is 7.85. The lowest BCUT2D eigenvalue weighted by molar-refractivity contribution is -0.122. The molecule has 39 heavy (non-hydrogen) atoms. The van der Waals surface area contributed by atoms with E-state index in [1.165, 1.54) is 11.8 Å². The van der Waals surface area contributed by atoms with Gasteiger partial charge in [-0.15, -0.1) is 0 Å². The summed E-state index contributed by atoms with van der Waals surface area (Å²) in [6.45, 7) is 4.53. The average Bonchev–Trinajstić information content (AvgIpc) is 3.49. The normalized spacial score (nSPS) is 16.4. The van der Waals surface area contributed by atoms with Crippen LogP contribution in [0.4, 0.5) is 5.69 Å². The Hall–Kier alpha value is -3.68. The first-order valence-corrected chi connectivity index (χ1v) is 14.1. The van der Waals surface area contributed by atoms with Crippen LogP contribution in [0.1, 0.15) is 31.4 Å². The molecule has 0 radical (unpaired) electrons. The van der Waals surface area contributed by atoms with Crippen molar-refractivity contribution < 1.29 is 14.3 Å². The van der Waals surface area contributed by atoms with Gasteiger partial charge in [0.25, 0.3) is 5.91 Å². The summed E-state index contributed by atoms with van der Waals surface area (Å²) in [5.41, 5.74) is 3.79. The van der Waals surface area contributed by atoms with Gasteiger partial charge in [-0.3, -0.25) is 9.69 Å². The highest BCUT2D eigenvalue weighted by atomic mass is 35.5. The molecule has 6 nitrogen and oxygen atoms in total. The van der Waals surface area contributed by atoms with Crippen molar-refractivity contribution in [3.63, 3.8) is 0 Å². The first-order chi connectivity index (χ1) is 19.0. The second-order valence-corrected chi connectivity index (χ2v) is 10.7. The summed E-state index contributed by atoms with van der Waals surface area (Å²) in [5, 5.41) is 2.24. The SMILES string of the molecule is CC[C@H](C)Oc1c(Cl)cc(/C=C2\SC(=Nc3ccccc3)N(CCc3c[nH]c4ccccc34)C2=O)cc1OC. The smallest absolute Gasteiger partial charge is 0.266 e. The van der Waals surface area contributed by atoms with Gasteiger partial charge in [0.05, 0.1) is 28.8 Å². The molecule has 0 spiro atoms. The number of fused-ring (bicyclic) bond motifs is 1. The molecule has 1 atom stereocenters. The summed E-state index contributed by atoms with van der Waals surface area (Å²) >= 11 is 7.95. The Morgan fingerprint density at radius 3 is 2.67 bits per heavy atom. The zero-order chi connectivity index (χ0) is 27.4. The molecule has 200 valence electrons. The van der Waals surface area contributed by atoms with E-state index >= 15 is 0 Å². The van der Waals surface area contributed by atoms with Crippen molar-refractivity contribution >= 4 is 57.1 Å². The molecule has 0 bridgehead atoms. The molecule has 1 aliphatic heterocycles. The third kappa shape index (κ3) is 6.00. The third-order valence-electron chi connectivity index (χ3n) is 6.59. The minimum atomic E-state index is -0.0930. The maximum Gasteiger partial charge on any atom is 0.266 e. The Balaban J connectivity index is 1.45. The Morgan fingerprint density at radius 2 is 1.90 bits per heavy atom. The first-order valence-electron chi connectivity index (χ1n) is 12.9. The van der Waals surface area contributed by atoms with Gasteiger partial charge in [-0.1, -0.05) is 54.9 Å².